The molecular weight excluding hydrogens is 428 g/mol. The molecule has 6 nitrogen and oxygen atoms in total. The van der Waals surface area contributed by atoms with Gasteiger partial charge in [-0.25, -0.2) is 0 Å². The maximum absolute atomic E-state index is 13.2. The van der Waals surface area contributed by atoms with E-state index >= 15 is 0 Å². The smallest absolute Gasteiger partial charge is 0.254 e. The fraction of sp³-hybridized carbons (Fsp3) is 0.286. The molecule has 2 fully saturated rings. The molecule has 0 spiro atoms. The predicted molar refractivity (Wildman–Crippen MR) is 129 cm³/mol. The number of ether oxygens (including phenoxy) is 1. The number of amides is 1. The van der Waals surface area contributed by atoms with Gasteiger partial charge in [-0.05, 0) is 49.6 Å². The van der Waals surface area contributed by atoms with E-state index in [1.165, 1.54) is 0 Å². The van der Waals surface area contributed by atoms with Crippen molar-refractivity contribution in [1.82, 2.24) is 9.88 Å². The Bertz CT molecular complexity index is 1380. The Labute approximate surface area is 197 Å². The first kappa shape index (κ1) is 21.1. The van der Waals surface area contributed by atoms with Crippen molar-refractivity contribution >= 4 is 17.0 Å². The Balaban J connectivity index is 1.34. The van der Waals surface area contributed by atoms with Crippen molar-refractivity contribution in [2.45, 2.75) is 38.0 Å². The van der Waals surface area contributed by atoms with E-state index in [1.807, 2.05) is 65.6 Å². The lowest BCUT2D eigenvalue weighted by molar-refractivity contribution is 0.0259. The molecule has 34 heavy (non-hydrogen) atoms. The lowest BCUT2D eigenvalue weighted by Gasteiger charge is -2.27. The average molecular weight is 455 g/mol. The fourth-order valence-electron chi connectivity index (χ4n) is 4.98. The molecule has 1 amide bonds. The first-order valence-corrected chi connectivity index (χ1v) is 11.6. The molecule has 2 bridgehead atoms. The van der Waals surface area contributed by atoms with Crippen molar-refractivity contribution in [1.29, 1.82) is 0 Å². The Kier molecular flexibility index (Phi) is 4.83. The van der Waals surface area contributed by atoms with Crippen LogP contribution in [0.1, 0.15) is 36.2 Å². The molecule has 2 atom stereocenters. The van der Waals surface area contributed by atoms with Gasteiger partial charge in [0.25, 0.3) is 5.91 Å². The van der Waals surface area contributed by atoms with Gasteiger partial charge in [0.2, 0.25) is 0 Å². The van der Waals surface area contributed by atoms with Crippen molar-refractivity contribution < 1.29 is 19.1 Å². The molecule has 2 aliphatic rings. The van der Waals surface area contributed by atoms with E-state index in [4.69, 9.17) is 9.15 Å². The number of aliphatic hydroxyl groups is 1. The Morgan fingerprint density at radius 1 is 1.09 bits per heavy atom. The van der Waals surface area contributed by atoms with Crippen LogP contribution in [0.15, 0.2) is 71.3 Å². The second kappa shape index (κ2) is 7.79. The standard InChI is InChI=1S/C28H26N2O4/c1-28(2,32)20-8-6-17(7-9-20)25-14-24-26(34-25)23(10-11-29-24)18-4-3-5-19(12-18)27(31)30-15-22-13-21(30)16-33-22/h3-12,14,21-22,32H,13,15-16H2,1-2H3/t21-,22-/m1/s1. The summed E-state index contributed by atoms with van der Waals surface area (Å²) in [6.45, 7) is 4.83. The molecule has 4 heterocycles. The summed E-state index contributed by atoms with van der Waals surface area (Å²) in [5.41, 5.74) is 4.77. The van der Waals surface area contributed by atoms with E-state index in [9.17, 15) is 9.90 Å². The third kappa shape index (κ3) is 3.59. The molecular formula is C28H26N2O4. The van der Waals surface area contributed by atoms with E-state index in [1.54, 1.807) is 20.0 Å². The van der Waals surface area contributed by atoms with E-state index in [2.05, 4.69) is 4.98 Å². The van der Waals surface area contributed by atoms with Gasteiger partial charge in [0.1, 0.15) is 11.3 Å². The third-order valence-electron chi connectivity index (χ3n) is 6.87. The summed E-state index contributed by atoms with van der Waals surface area (Å²) in [6, 6.07) is 19.4. The topological polar surface area (TPSA) is 75.8 Å². The monoisotopic (exact) mass is 454 g/mol. The summed E-state index contributed by atoms with van der Waals surface area (Å²) in [5.74, 6) is 0.757. The van der Waals surface area contributed by atoms with Crippen molar-refractivity contribution in [3.63, 3.8) is 0 Å². The number of benzene rings is 2. The van der Waals surface area contributed by atoms with E-state index in [0.717, 1.165) is 34.2 Å². The van der Waals surface area contributed by atoms with Gasteiger partial charge < -0.3 is 19.2 Å². The van der Waals surface area contributed by atoms with Gasteiger partial charge in [0, 0.05) is 35.5 Å². The molecule has 1 N–H and O–H groups in total. The van der Waals surface area contributed by atoms with Crippen LogP contribution in [0.25, 0.3) is 33.6 Å². The first-order chi connectivity index (χ1) is 16.4. The quantitative estimate of drug-likeness (QED) is 0.470. The molecule has 2 saturated heterocycles. The molecule has 2 aromatic carbocycles. The zero-order valence-electron chi connectivity index (χ0n) is 19.2. The molecule has 172 valence electrons. The highest BCUT2D eigenvalue weighted by Gasteiger charge is 2.41. The van der Waals surface area contributed by atoms with Gasteiger partial charge >= 0.3 is 0 Å². The van der Waals surface area contributed by atoms with Gasteiger partial charge in [0.15, 0.2) is 5.58 Å². The third-order valence-corrected chi connectivity index (χ3v) is 6.87. The Hall–Kier alpha value is -3.48. The Morgan fingerprint density at radius 2 is 1.91 bits per heavy atom. The average Bonchev–Trinajstić information content (AvgIpc) is 3.58. The van der Waals surface area contributed by atoms with Crippen LogP contribution in [-0.2, 0) is 10.3 Å². The van der Waals surface area contributed by atoms with Crippen molar-refractivity contribution in [3.8, 4) is 22.5 Å². The lowest BCUT2D eigenvalue weighted by Crippen LogP contribution is -2.41. The van der Waals surface area contributed by atoms with Crippen LogP contribution >= 0.6 is 0 Å². The molecule has 6 rings (SSSR count). The minimum atomic E-state index is -0.898. The number of hydrogen-bond acceptors (Lipinski definition) is 5. The Morgan fingerprint density at radius 3 is 2.62 bits per heavy atom. The number of aromatic nitrogens is 1. The minimum Gasteiger partial charge on any atom is -0.454 e. The fourth-order valence-corrected chi connectivity index (χ4v) is 4.98. The summed E-state index contributed by atoms with van der Waals surface area (Å²) in [7, 11) is 0. The number of rotatable bonds is 4. The molecule has 2 aliphatic heterocycles. The van der Waals surface area contributed by atoms with Crippen LogP contribution in [-0.4, -0.2) is 46.2 Å². The van der Waals surface area contributed by atoms with Gasteiger partial charge in [0.05, 0.1) is 24.4 Å². The van der Waals surface area contributed by atoms with E-state index in [0.29, 0.717) is 30.1 Å². The van der Waals surface area contributed by atoms with Gasteiger partial charge in [-0.2, -0.15) is 0 Å². The molecule has 0 saturated carbocycles. The highest BCUT2D eigenvalue weighted by Crippen LogP contribution is 2.35. The van der Waals surface area contributed by atoms with Crippen LogP contribution in [0.3, 0.4) is 0 Å². The van der Waals surface area contributed by atoms with Crippen LogP contribution in [0.4, 0.5) is 0 Å². The summed E-state index contributed by atoms with van der Waals surface area (Å²) < 4.78 is 11.9. The van der Waals surface area contributed by atoms with Crippen LogP contribution in [0.2, 0.25) is 0 Å². The molecule has 0 aliphatic carbocycles. The highest BCUT2D eigenvalue weighted by molar-refractivity contribution is 5.98. The second-order valence-corrected chi connectivity index (χ2v) is 9.70. The number of pyridine rings is 1. The molecule has 2 aromatic heterocycles. The van der Waals surface area contributed by atoms with Crippen LogP contribution in [0.5, 0.6) is 0 Å². The summed E-state index contributed by atoms with van der Waals surface area (Å²) in [4.78, 5) is 19.6. The van der Waals surface area contributed by atoms with Crippen molar-refractivity contribution in [2.24, 2.45) is 0 Å². The predicted octanol–water partition coefficient (Wildman–Crippen LogP) is 5.00. The van der Waals surface area contributed by atoms with E-state index < -0.39 is 5.60 Å². The number of carbonyl (C=O) groups is 1. The summed E-state index contributed by atoms with van der Waals surface area (Å²) in [6.07, 6.45) is 2.87. The number of nitrogens with zero attached hydrogens (tertiary/aromatic N) is 2. The number of carbonyl (C=O) groups excluding carboxylic acids is 1. The number of hydrogen-bond donors (Lipinski definition) is 1. The molecule has 0 unspecified atom stereocenters. The van der Waals surface area contributed by atoms with Gasteiger partial charge in [-0.1, -0.05) is 36.4 Å². The highest BCUT2D eigenvalue weighted by atomic mass is 16.5. The molecule has 4 aromatic rings. The second-order valence-electron chi connectivity index (χ2n) is 9.70. The van der Waals surface area contributed by atoms with Crippen LogP contribution < -0.4 is 0 Å². The molecule has 6 heteroatoms. The number of furan rings is 1. The minimum absolute atomic E-state index is 0.0509. The van der Waals surface area contributed by atoms with Crippen LogP contribution in [0, 0.1) is 0 Å². The van der Waals surface area contributed by atoms with E-state index in [-0.39, 0.29) is 18.1 Å². The first-order valence-electron chi connectivity index (χ1n) is 11.6. The molecule has 0 radical (unpaired) electrons. The number of likely N-dealkylation sites (tertiary alicyclic amines) is 1. The summed E-state index contributed by atoms with van der Waals surface area (Å²) in [5, 5.41) is 10.2. The number of fused-ring (bicyclic) bond motifs is 3. The normalized spacial score (nSPS) is 19.8. The zero-order valence-corrected chi connectivity index (χ0v) is 19.2. The van der Waals surface area contributed by atoms with Gasteiger partial charge in [-0.15, -0.1) is 0 Å². The van der Waals surface area contributed by atoms with Gasteiger partial charge in [-0.3, -0.25) is 9.78 Å². The SMILES string of the molecule is CC(C)(O)c1ccc(-c2cc3nccc(-c4cccc(C(=O)N5C[C@H]6C[C@@H]5CO6)c4)c3o2)cc1. The zero-order chi connectivity index (χ0) is 23.4. The van der Waals surface area contributed by atoms with Crippen molar-refractivity contribution in [3.05, 3.63) is 78.0 Å². The number of morpholine rings is 1. The maximum atomic E-state index is 13.2. The summed E-state index contributed by atoms with van der Waals surface area (Å²) >= 11 is 0. The largest absolute Gasteiger partial charge is 0.454 e. The lowest BCUT2D eigenvalue weighted by atomic mass is 9.97. The maximum Gasteiger partial charge on any atom is 0.254 e. The van der Waals surface area contributed by atoms with Crippen molar-refractivity contribution in [2.75, 3.05) is 13.2 Å².